The second kappa shape index (κ2) is 4.01. The first-order chi connectivity index (χ1) is 7.09. The largest absolute Gasteiger partial charge is 0.351 e. The fourth-order valence-electron chi connectivity index (χ4n) is 2.64. The van der Waals surface area contributed by atoms with Crippen LogP contribution >= 0.6 is 0 Å². The molecule has 0 radical (unpaired) electrons. The minimum absolute atomic E-state index is 0.632. The van der Waals surface area contributed by atoms with Gasteiger partial charge in [-0.05, 0) is 44.0 Å². The van der Waals surface area contributed by atoms with Gasteiger partial charge in [-0.1, -0.05) is 13.8 Å². The molecule has 2 heterocycles. The average Bonchev–Trinajstić information content (AvgIpc) is 2.37. The first kappa shape index (κ1) is 10.7. The zero-order valence-corrected chi connectivity index (χ0v) is 10.4. The quantitative estimate of drug-likeness (QED) is 0.685. The van der Waals surface area contributed by atoms with Gasteiger partial charge in [0.1, 0.15) is 0 Å². The summed E-state index contributed by atoms with van der Waals surface area (Å²) in [6.07, 6.45) is 2.53. The van der Waals surface area contributed by atoms with Crippen LogP contribution in [0.2, 0.25) is 0 Å². The summed E-state index contributed by atoms with van der Waals surface area (Å²) >= 11 is 0. The van der Waals surface area contributed by atoms with Crippen molar-refractivity contribution in [1.29, 1.82) is 0 Å². The van der Waals surface area contributed by atoms with Crippen molar-refractivity contribution in [2.24, 2.45) is 7.05 Å². The Morgan fingerprint density at radius 2 is 2.00 bits per heavy atom. The van der Waals surface area contributed by atoms with Gasteiger partial charge in [0.05, 0.1) is 0 Å². The van der Waals surface area contributed by atoms with Crippen molar-refractivity contribution in [3.8, 4) is 0 Å². The number of rotatable bonds is 1. The normalized spacial score (nSPS) is 17.9. The smallest absolute Gasteiger partial charge is 0.0248 e. The second-order valence-electron chi connectivity index (χ2n) is 5.10. The van der Waals surface area contributed by atoms with Crippen LogP contribution < -0.4 is 0 Å². The summed E-state index contributed by atoms with van der Waals surface area (Å²) in [6, 6.07) is 2.40. The molecular formula is C13H22N2. The SMILES string of the molecule is CC(C)c1cc2c(n1C)CCCN(C)C2. The van der Waals surface area contributed by atoms with E-state index in [2.05, 4.69) is 43.5 Å². The fraction of sp³-hybridized carbons (Fsp3) is 0.692. The molecule has 0 aromatic carbocycles. The average molecular weight is 206 g/mol. The van der Waals surface area contributed by atoms with Crippen LogP contribution in [0.4, 0.5) is 0 Å². The Kier molecular flexibility index (Phi) is 2.87. The van der Waals surface area contributed by atoms with Crippen LogP contribution in [0.15, 0.2) is 6.07 Å². The van der Waals surface area contributed by atoms with E-state index < -0.39 is 0 Å². The predicted octanol–water partition coefficient (Wildman–Crippen LogP) is 2.53. The van der Waals surface area contributed by atoms with E-state index in [-0.39, 0.29) is 0 Å². The minimum atomic E-state index is 0.632. The summed E-state index contributed by atoms with van der Waals surface area (Å²) in [5.74, 6) is 0.632. The van der Waals surface area contributed by atoms with Crippen LogP contribution in [0.25, 0.3) is 0 Å². The van der Waals surface area contributed by atoms with Crippen molar-refractivity contribution >= 4 is 0 Å². The second-order valence-corrected chi connectivity index (χ2v) is 5.10. The Bertz CT molecular complexity index is 350. The summed E-state index contributed by atoms with van der Waals surface area (Å²) in [6.45, 7) is 6.90. The lowest BCUT2D eigenvalue weighted by Gasteiger charge is -2.12. The molecule has 0 unspecified atom stereocenters. The minimum Gasteiger partial charge on any atom is -0.351 e. The topological polar surface area (TPSA) is 8.17 Å². The monoisotopic (exact) mass is 206 g/mol. The van der Waals surface area contributed by atoms with Crippen molar-refractivity contribution in [3.63, 3.8) is 0 Å². The Morgan fingerprint density at radius 1 is 1.27 bits per heavy atom. The molecule has 1 aliphatic heterocycles. The van der Waals surface area contributed by atoms with E-state index in [0.717, 1.165) is 6.54 Å². The lowest BCUT2D eigenvalue weighted by molar-refractivity contribution is 0.332. The van der Waals surface area contributed by atoms with Crippen LogP contribution in [0.1, 0.15) is 43.1 Å². The van der Waals surface area contributed by atoms with E-state index in [1.54, 1.807) is 11.3 Å². The molecule has 0 spiro atoms. The lowest BCUT2D eigenvalue weighted by atomic mass is 10.1. The number of fused-ring (bicyclic) bond motifs is 1. The van der Waals surface area contributed by atoms with Gasteiger partial charge in [-0.15, -0.1) is 0 Å². The third-order valence-corrected chi connectivity index (χ3v) is 3.47. The van der Waals surface area contributed by atoms with Gasteiger partial charge in [-0.2, -0.15) is 0 Å². The maximum absolute atomic E-state index is 2.43. The van der Waals surface area contributed by atoms with Crippen molar-refractivity contribution in [1.82, 2.24) is 9.47 Å². The van der Waals surface area contributed by atoms with Crippen molar-refractivity contribution in [2.45, 2.75) is 39.2 Å². The Balaban J connectivity index is 2.39. The highest BCUT2D eigenvalue weighted by atomic mass is 15.1. The molecule has 0 saturated carbocycles. The summed E-state index contributed by atoms with van der Waals surface area (Å²) in [5.41, 5.74) is 4.58. The van der Waals surface area contributed by atoms with Crippen molar-refractivity contribution < 1.29 is 0 Å². The summed E-state index contributed by atoms with van der Waals surface area (Å²) in [7, 11) is 4.44. The van der Waals surface area contributed by atoms with Gasteiger partial charge in [0.15, 0.2) is 0 Å². The third-order valence-electron chi connectivity index (χ3n) is 3.47. The molecule has 0 atom stereocenters. The van der Waals surface area contributed by atoms with E-state index in [0.29, 0.717) is 5.92 Å². The highest BCUT2D eigenvalue weighted by Gasteiger charge is 2.18. The fourth-order valence-corrected chi connectivity index (χ4v) is 2.64. The molecule has 84 valence electrons. The molecule has 2 nitrogen and oxygen atoms in total. The zero-order chi connectivity index (χ0) is 11.0. The standard InChI is InChI=1S/C13H22N2/c1-10(2)13-8-11-9-14(3)7-5-6-12(11)15(13)4/h8,10H,5-7,9H2,1-4H3. The number of aromatic nitrogens is 1. The highest BCUT2D eigenvalue weighted by molar-refractivity contribution is 5.30. The van der Waals surface area contributed by atoms with Gasteiger partial charge in [0.25, 0.3) is 0 Å². The Morgan fingerprint density at radius 3 is 2.67 bits per heavy atom. The van der Waals surface area contributed by atoms with Crippen LogP contribution in [0, 0.1) is 0 Å². The van der Waals surface area contributed by atoms with E-state index >= 15 is 0 Å². The third kappa shape index (κ3) is 1.96. The van der Waals surface area contributed by atoms with Crippen molar-refractivity contribution in [3.05, 3.63) is 23.0 Å². The summed E-state index contributed by atoms with van der Waals surface area (Å²) in [5, 5.41) is 0. The van der Waals surface area contributed by atoms with Crippen LogP contribution in [0.3, 0.4) is 0 Å². The van der Waals surface area contributed by atoms with Gasteiger partial charge in [0, 0.05) is 25.0 Å². The van der Waals surface area contributed by atoms with Crippen LogP contribution in [0.5, 0.6) is 0 Å². The van der Waals surface area contributed by atoms with Gasteiger partial charge in [0.2, 0.25) is 0 Å². The van der Waals surface area contributed by atoms with E-state index in [4.69, 9.17) is 0 Å². The van der Waals surface area contributed by atoms with Gasteiger partial charge in [-0.3, -0.25) is 0 Å². The Labute approximate surface area is 92.9 Å². The number of nitrogens with zero attached hydrogens (tertiary/aromatic N) is 2. The first-order valence-corrected chi connectivity index (χ1v) is 5.95. The molecule has 1 aromatic rings. The molecule has 0 aliphatic carbocycles. The van der Waals surface area contributed by atoms with E-state index in [1.807, 2.05) is 0 Å². The maximum Gasteiger partial charge on any atom is 0.0248 e. The molecule has 1 aromatic heterocycles. The predicted molar refractivity (Wildman–Crippen MR) is 64.2 cm³/mol. The molecule has 15 heavy (non-hydrogen) atoms. The number of hydrogen-bond donors (Lipinski definition) is 0. The molecule has 0 amide bonds. The first-order valence-electron chi connectivity index (χ1n) is 5.95. The molecule has 0 bridgehead atoms. The molecule has 0 fully saturated rings. The molecule has 0 saturated heterocycles. The van der Waals surface area contributed by atoms with E-state index in [1.165, 1.54) is 25.1 Å². The van der Waals surface area contributed by atoms with Crippen LogP contribution in [-0.2, 0) is 20.0 Å². The van der Waals surface area contributed by atoms with E-state index in [9.17, 15) is 0 Å². The lowest BCUT2D eigenvalue weighted by Crippen LogP contribution is -2.16. The molecule has 2 rings (SSSR count). The highest BCUT2D eigenvalue weighted by Crippen LogP contribution is 2.25. The van der Waals surface area contributed by atoms with Gasteiger partial charge in [-0.25, -0.2) is 0 Å². The Hall–Kier alpha value is -0.760. The zero-order valence-electron chi connectivity index (χ0n) is 10.4. The van der Waals surface area contributed by atoms with Gasteiger partial charge >= 0.3 is 0 Å². The molecule has 0 N–H and O–H groups in total. The maximum atomic E-state index is 2.43. The number of hydrogen-bond acceptors (Lipinski definition) is 1. The molecule has 2 heteroatoms. The summed E-state index contributed by atoms with van der Waals surface area (Å²) < 4.78 is 2.42. The van der Waals surface area contributed by atoms with Gasteiger partial charge < -0.3 is 9.47 Å². The van der Waals surface area contributed by atoms with Crippen molar-refractivity contribution in [2.75, 3.05) is 13.6 Å². The molecular weight excluding hydrogens is 184 g/mol. The van der Waals surface area contributed by atoms with Crippen LogP contribution in [-0.4, -0.2) is 23.1 Å². The molecule has 1 aliphatic rings. The summed E-state index contributed by atoms with van der Waals surface area (Å²) in [4.78, 5) is 2.43.